The first-order valence-corrected chi connectivity index (χ1v) is 12.7. The second-order valence-electron chi connectivity index (χ2n) is 8.10. The van der Waals surface area contributed by atoms with E-state index < -0.39 is 0 Å². The van der Waals surface area contributed by atoms with E-state index in [1.54, 1.807) is 47.2 Å². The van der Waals surface area contributed by atoms with Crippen LogP contribution in [-0.2, 0) is 11.8 Å². The molecule has 0 atom stereocenters. The van der Waals surface area contributed by atoms with Crippen molar-refractivity contribution >= 4 is 46.0 Å². The van der Waals surface area contributed by atoms with Crippen LogP contribution in [0.5, 0.6) is 5.75 Å². The zero-order valence-corrected chi connectivity index (χ0v) is 21.8. The maximum atomic E-state index is 13.4. The van der Waals surface area contributed by atoms with Crippen LogP contribution >= 0.6 is 23.1 Å². The van der Waals surface area contributed by atoms with Crippen molar-refractivity contribution in [3.63, 3.8) is 0 Å². The number of imidazole rings is 1. The molecule has 3 aromatic rings. The van der Waals surface area contributed by atoms with Crippen molar-refractivity contribution in [3.05, 3.63) is 60.3 Å². The summed E-state index contributed by atoms with van der Waals surface area (Å²) in [5, 5.41) is 3.22. The molecule has 10 nitrogen and oxygen atoms in total. The summed E-state index contributed by atoms with van der Waals surface area (Å²) in [6.45, 7) is 7.26. The molecule has 3 heterocycles. The van der Waals surface area contributed by atoms with Crippen LogP contribution in [0.25, 0.3) is 0 Å². The maximum absolute atomic E-state index is 13.4. The molecule has 4 rings (SSSR count). The van der Waals surface area contributed by atoms with Crippen LogP contribution in [0.3, 0.4) is 0 Å². The van der Waals surface area contributed by atoms with Gasteiger partial charge in [0.1, 0.15) is 11.4 Å². The molecule has 3 amide bonds. The van der Waals surface area contributed by atoms with E-state index in [2.05, 4.69) is 21.9 Å². The topological polar surface area (TPSA) is 110 Å². The third-order valence-electron chi connectivity index (χ3n) is 5.63. The first-order valence-electron chi connectivity index (χ1n) is 11.1. The number of nitrogens with one attached hydrogen (secondary N) is 1. The number of carbonyl (C=O) groups excluding carboxylic acids is 3. The fourth-order valence-corrected chi connectivity index (χ4v) is 5.64. The first-order chi connectivity index (χ1) is 17.3. The minimum atomic E-state index is -0.329. The number of rotatable bonds is 7. The Morgan fingerprint density at radius 2 is 1.89 bits per heavy atom. The Morgan fingerprint density at radius 1 is 1.17 bits per heavy atom. The van der Waals surface area contributed by atoms with Crippen molar-refractivity contribution in [1.29, 1.82) is 0 Å². The van der Waals surface area contributed by atoms with Gasteiger partial charge in [-0.2, -0.15) is 0 Å². The molecule has 36 heavy (non-hydrogen) atoms. The number of nitrogens with zero attached hydrogens (tertiary/aromatic N) is 5. The lowest BCUT2D eigenvalue weighted by molar-refractivity contribution is -0.127. The lowest BCUT2D eigenvalue weighted by Crippen LogP contribution is -2.50. The average Bonchev–Trinajstić information content (AvgIpc) is 3.52. The Hall–Kier alpha value is -3.64. The number of thiazole rings is 1. The molecule has 0 bridgehead atoms. The summed E-state index contributed by atoms with van der Waals surface area (Å²) in [7, 11) is 3.33. The molecule has 12 heteroatoms. The molecule has 1 N–H and O–H groups in total. The maximum Gasteiger partial charge on any atom is 0.277 e. The predicted molar refractivity (Wildman–Crippen MR) is 138 cm³/mol. The SMILES string of the molecule is C=CC(=O)N1CCN(C(=O)c2cc(Sc3cnc(NC(=O)c4cn(C)cn4)s3)c(C)cc2OC)CC1. The molecule has 0 radical (unpaired) electrons. The van der Waals surface area contributed by atoms with Crippen LogP contribution in [0.2, 0.25) is 0 Å². The van der Waals surface area contributed by atoms with Crippen molar-refractivity contribution < 1.29 is 19.1 Å². The van der Waals surface area contributed by atoms with Crippen molar-refractivity contribution in [1.82, 2.24) is 24.3 Å². The van der Waals surface area contributed by atoms with Gasteiger partial charge in [-0.3, -0.25) is 19.7 Å². The highest BCUT2D eigenvalue weighted by molar-refractivity contribution is 8.01. The van der Waals surface area contributed by atoms with Crippen LogP contribution in [-0.4, -0.2) is 75.3 Å². The molecular formula is C24H26N6O4S2. The molecule has 2 aromatic heterocycles. The number of aromatic nitrogens is 3. The molecule has 1 fully saturated rings. The number of methoxy groups -OCH3 is 1. The monoisotopic (exact) mass is 526 g/mol. The highest BCUT2D eigenvalue weighted by Gasteiger charge is 2.26. The fraction of sp³-hybridized carbons (Fsp3) is 0.292. The third kappa shape index (κ3) is 5.60. The Bertz CT molecular complexity index is 1310. The average molecular weight is 527 g/mol. The van der Waals surface area contributed by atoms with Gasteiger partial charge in [0.15, 0.2) is 5.13 Å². The second-order valence-corrected chi connectivity index (χ2v) is 10.5. The number of piperazine rings is 1. The summed E-state index contributed by atoms with van der Waals surface area (Å²) in [4.78, 5) is 50.2. The van der Waals surface area contributed by atoms with Gasteiger partial charge >= 0.3 is 0 Å². The van der Waals surface area contributed by atoms with Gasteiger partial charge in [0.25, 0.3) is 11.8 Å². The van der Waals surface area contributed by atoms with Crippen molar-refractivity contribution in [2.24, 2.45) is 7.05 Å². The Labute approximate surface area is 217 Å². The summed E-state index contributed by atoms with van der Waals surface area (Å²) >= 11 is 2.80. The number of ether oxygens (including phenoxy) is 1. The number of carbonyl (C=O) groups is 3. The van der Waals surface area contributed by atoms with Crippen LogP contribution in [0, 0.1) is 6.92 Å². The van der Waals surface area contributed by atoms with E-state index in [4.69, 9.17) is 4.74 Å². The van der Waals surface area contributed by atoms with Crippen LogP contribution < -0.4 is 10.1 Å². The van der Waals surface area contributed by atoms with E-state index in [1.807, 2.05) is 19.1 Å². The zero-order valence-electron chi connectivity index (χ0n) is 20.2. The van der Waals surface area contributed by atoms with E-state index in [1.165, 1.54) is 29.2 Å². The summed E-state index contributed by atoms with van der Waals surface area (Å²) in [5.41, 5.74) is 1.72. The number of hydrogen-bond acceptors (Lipinski definition) is 8. The lowest BCUT2D eigenvalue weighted by Gasteiger charge is -2.34. The zero-order chi connectivity index (χ0) is 25.8. The highest BCUT2D eigenvalue weighted by atomic mass is 32.2. The summed E-state index contributed by atoms with van der Waals surface area (Å²) < 4.78 is 8.07. The molecule has 0 aliphatic carbocycles. The minimum absolute atomic E-state index is 0.131. The number of aryl methyl sites for hydroxylation is 2. The van der Waals surface area contributed by atoms with Crippen LogP contribution in [0.4, 0.5) is 5.13 Å². The van der Waals surface area contributed by atoms with Gasteiger partial charge in [0, 0.05) is 44.3 Å². The molecule has 1 aliphatic heterocycles. The standard InChI is InChI=1S/C24H26N6O4S2/c1-5-20(31)29-6-8-30(9-7-29)23(33)16-11-19(15(2)10-18(16)34-4)35-21-12-25-24(36-21)27-22(32)17-13-28(3)14-26-17/h5,10-14H,1,6-9H2,2-4H3,(H,25,27,32). The smallest absolute Gasteiger partial charge is 0.277 e. The van der Waals surface area contributed by atoms with Gasteiger partial charge in [-0.05, 0) is 30.7 Å². The van der Waals surface area contributed by atoms with E-state index >= 15 is 0 Å². The van der Waals surface area contributed by atoms with E-state index in [9.17, 15) is 14.4 Å². The van der Waals surface area contributed by atoms with Gasteiger partial charge in [-0.25, -0.2) is 9.97 Å². The molecule has 1 aromatic carbocycles. The molecular weight excluding hydrogens is 500 g/mol. The largest absolute Gasteiger partial charge is 0.496 e. The normalized spacial score (nSPS) is 13.4. The predicted octanol–water partition coefficient (Wildman–Crippen LogP) is 3.07. The van der Waals surface area contributed by atoms with Crippen molar-refractivity contribution in [2.75, 3.05) is 38.6 Å². The number of anilines is 1. The number of benzene rings is 1. The highest BCUT2D eigenvalue weighted by Crippen LogP contribution is 2.38. The van der Waals surface area contributed by atoms with Gasteiger partial charge in [-0.15, -0.1) is 0 Å². The molecule has 188 valence electrons. The Kier molecular flexibility index (Phi) is 7.75. The molecule has 1 aliphatic rings. The van der Waals surface area contributed by atoms with Gasteiger partial charge in [-0.1, -0.05) is 29.7 Å². The Balaban J connectivity index is 1.48. The van der Waals surface area contributed by atoms with E-state index in [0.29, 0.717) is 48.3 Å². The quantitative estimate of drug-likeness (QED) is 0.471. The Morgan fingerprint density at radius 3 is 2.53 bits per heavy atom. The molecule has 1 saturated heterocycles. The second kappa shape index (κ2) is 11.0. The number of amides is 3. The molecule has 0 saturated carbocycles. The van der Waals surface area contributed by atoms with Gasteiger partial charge in [0.2, 0.25) is 5.91 Å². The minimum Gasteiger partial charge on any atom is -0.496 e. The first kappa shape index (κ1) is 25.5. The number of hydrogen-bond donors (Lipinski definition) is 1. The summed E-state index contributed by atoms with van der Waals surface area (Å²) in [6, 6.07) is 3.67. The van der Waals surface area contributed by atoms with E-state index in [0.717, 1.165) is 14.7 Å². The molecule has 0 unspecified atom stereocenters. The van der Waals surface area contributed by atoms with E-state index in [-0.39, 0.29) is 17.7 Å². The van der Waals surface area contributed by atoms with Crippen LogP contribution in [0.1, 0.15) is 26.4 Å². The molecule has 0 spiro atoms. The summed E-state index contributed by atoms with van der Waals surface area (Å²) in [5.74, 6) is -0.107. The summed E-state index contributed by atoms with van der Waals surface area (Å²) in [6.07, 6.45) is 6.17. The van der Waals surface area contributed by atoms with Crippen molar-refractivity contribution in [2.45, 2.75) is 16.0 Å². The van der Waals surface area contributed by atoms with Crippen molar-refractivity contribution in [3.8, 4) is 5.75 Å². The third-order valence-corrected chi connectivity index (χ3v) is 7.81. The van der Waals surface area contributed by atoms with Gasteiger partial charge < -0.3 is 19.1 Å². The van der Waals surface area contributed by atoms with Crippen LogP contribution in [0.15, 0.2) is 52.6 Å². The van der Waals surface area contributed by atoms with Gasteiger partial charge in [0.05, 0.1) is 29.4 Å². The fourth-order valence-electron chi connectivity index (χ4n) is 3.70. The lowest BCUT2D eigenvalue weighted by atomic mass is 10.1.